The summed E-state index contributed by atoms with van der Waals surface area (Å²) >= 11 is 0. The average Bonchev–Trinajstić information content (AvgIpc) is 3.79. The normalized spacial score (nSPS) is 16.0. The molecule has 0 unspecified atom stereocenters. The lowest BCUT2D eigenvalue weighted by Gasteiger charge is -2.40. The lowest BCUT2D eigenvalue weighted by molar-refractivity contribution is -0.125. The molecule has 3 N–H and O–H groups in total. The molecule has 2 saturated carbocycles. The van der Waals surface area contributed by atoms with Crippen LogP contribution in [0, 0.1) is 0 Å². The summed E-state index contributed by atoms with van der Waals surface area (Å²) in [5.41, 5.74) is 6.49. The molecule has 3 aromatic carbocycles. The van der Waals surface area contributed by atoms with Gasteiger partial charge in [-0.2, -0.15) is 0 Å². The third kappa shape index (κ3) is 4.75. The molecular formula is C39H37N5O4. The number of para-hydroxylation sites is 1. The number of aromatic carboxylic acids is 1. The van der Waals surface area contributed by atoms with Gasteiger partial charge in [-0.1, -0.05) is 43.2 Å². The van der Waals surface area contributed by atoms with Crippen LogP contribution in [0.1, 0.15) is 77.3 Å². The van der Waals surface area contributed by atoms with Crippen LogP contribution in [0.25, 0.3) is 44.0 Å². The minimum absolute atomic E-state index is 0.169. The fourth-order valence-corrected chi connectivity index (χ4v) is 7.97. The largest absolute Gasteiger partial charge is 0.477 e. The Morgan fingerprint density at radius 1 is 0.854 bits per heavy atom. The van der Waals surface area contributed by atoms with Gasteiger partial charge >= 0.3 is 5.97 Å². The van der Waals surface area contributed by atoms with Crippen molar-refractivity contribution in [2.75, 3.05) is 5.32 Å². The lowest BCUT2D eigenvalue weighted by Crippen LogP contribution is -2.61. The number of carbonyl (C=O) groups excluding carboxylic acids is 2. The number of amides is 2. The zero-order chi connectivity index (χ0) is 33.2. The molecule has 0 spiro atoms. The van der Waals surface area contributed by atoms with Gasteiger partial charge in [0.1, 0.15) is 11.2 Å². The number of nitrogens with zero attached hydrogens (tertiary/aromatic N) is 3. The molecule has 0 bridgehead atoms. The number of hydrogen-bond acceptors (Lipinski definition) is 4. The first-order valence-electron chi connectivity index (χ1n) is 16.7. The third-order valence-corrected chi connectivity index (χ3v) is 10.7. The van der Waals surface area contributed by atoms with Gasteiger partial charge in [0.25, 0.3) is 5.91 Å². The fourth-order valence-electron chi connectivity index (χ4n) is 7.97. The number of aryl methyl sites for hydroxylation is 2. The van der Waals surface area contributed by atoms with Crippen molar-refractivity contribution in [2.45, 2.75) is 56.4 Å². The van der Waals surface area contributed by atoms with Gasteiger partial charge in [-0.15, -0.1) is 0 Å². The minimum atomic E-state index is -1.02. The molecule has 9 nitrogen and oxygen atoms in total. The Balaban J connectivity index is 1.11. The second-order valence-electron chi connectivity index (χ2n) is 13.4. The SMILES string of the molecule is Cn1c(C(=O)O)cc2cc(NC(=O)C3(NC(=O)c4ccc5c(C6CCCC6)c(-c6cccc7cccnc67)n(C)c5c4)CCC3)ccc21. The highest BCUT2D eigenvalue weighted by Gasteiger charge is 2.45. The second-order valence-corrected chi connectivity index (χ2v) is 13.4. The summed E-state index contributed by atoms with van der Waals surface area (Å²) in [6.45, 7) is 0. The average molecular weight is 640 g/mol. The Bertz CT molecular complexity index is 2280. The molecule has 8 rings (SSSR count). The van der Waals surface area contributed by atoms with E-state index in [4.69, 9.17) is 4.98 Å². The summed E-state index contributed by atoms with van der Waals surface area (Å²) in [6, 6.07) is 23.2. The molecule has 242 valence electrons. The van der Waals surface area contributed by atoms with Crippen molar-refractivity contribution in [3.05, 3.63) is 95.8 Å². The number of carboxylic acids is 1. The Labute approximate surface area is 277 Å². The van der Waals surface area contributed by atoms with Gasteiger partial charge in [-0.25, -0.2) is 4.79 Å². The van der Waals surface area contributed by atoms with E-state index in [1.807, 2.05) is 24.4 Å². The first kappa shape index (κ1) is 29.9. The predicted octanol–water partition coefficient (Wildman–Crippen LogP) is 7.53. The monoisotopic (exact) mass is 639 g/mol. The molecule has 3 heterocycles. The van der Waals surface area contributed by atoms with Gasteiger partial charge in [0, 0.05) is 64.3 Å². The van der Waals surface area contributed by atoms with Crippen LogP contribution >= 0.6 is 0 Å². The van der Waals surface area contributed by atoms with Crippen molar-refractivity contribution in [1.82, 2.24) is 19.4 Å². The molecule has 2 aliphatic rings. The number of hydrogen-bond donors (Lipinski definition) is 3. The summed E-state index contributed by atoms with van der Waals surface area (Å²) in [5.74, 6) is -1.13. The van der Waals surface area contributed by atoms with E-state index in [0.717, 1.165) is 57.8 Å². The van der Waals surface area contributed by atoms with E-state index >= 15 is 0 Å². The lowest BCUT2D eigenvalue weighted by atomic mass is 9.75. The summed E-state index contributed by atoms with van der Waals surface area (Å²) in [4.78, 5) is 43.9. The predicted molar refractivity (Wildman–Crippen MR) is 187 cm³/mol. The molecule has 0 radical (unpaired) electrons. The van der Waals surface area contributed by atoms with Crippen LogP contribution in [0.3, 0.4) is 0 Å². The number of anilines is 1. The van der Waals surface area contributed by atoms with Crippen molar-refractivity contribution in [2.24, 2.45) is 14.1 Å². The first-order valence-corrected chi connectivity index (χ1v) is 16.7. The zero-order valence-electron chi connectivity index (χ0n) is 27.0. The topological polar surface area (TPSA) is 118 Å². The van der Waals surface area contributed by atoms with Crippen molar-refractivity contribution < 1.29 is 19.5 Å². The van der Waals surface area contributed by atoms with Crippen LogP contribution in [0.2, 0.25) is 0 Å². The molecule has 6 aromatic rings. The minimum Gasteiger partial charge on any atom is -0.477 e. The van der Waals surface area contributed by atoms with Gasteiger partial charge in [-0.05, 0) is 86.1 Å². The van der Waals surface area contributed by atoms with Crippen LogP contribution in [-0.2, 0) is 18.9 Å². The molecule has 9 heteroatoms. The van der Waals surface area contributed by atoms with E-state index in [9.17, 15) is 19.5 Å². The maximum absolute atomic E-state index is 13.9. The summed E-state index contributed by atoms with van der Waals surface area (Å²) in [7, 11) is 3.77. The maximum Gasteiger partial charge on any atom is 0.352 e. The number of nitrogens with one attached hydrogen (secondary N) is 2. The molecule has 0 aliphatic heterocycles. The highest BCUT2D eigenvalue weighted by Crippen LogP contribution is 2.46. The second kappa shape index (κ2) is 11.4. The number of benzene rings is 3. The number of carbonyl (C=O) groups is 3. The van der Waals surface area contributed by atoms with E-state index in [1.165, 1.54) is 18.4 Å². The van der Waals surface area contributed by atoms with E-state index < -0.39 is 11.5 Å². The molecular weight excluding hydrogens is 602 g/mol. The number of aromatic nitrogens is 3. The van der Waals surface area contributed by atoms with Crippen LogP contribution in [-0.4, -0.2) is 42.5 Å². The van der Waals surface area contributed by atoms with E-state index in [-0.39, 0.29) is 17.5 Å². The van der Waals surface area contributed by atoms with E-state index in [2.05, 4.69) is 52.6 Å². The highest BCUT2D eigenvalue weighted by molar-refractivity contribution is 6.07. The Morgan fingerprint density at radius 3 is 2.40 bits per heavy atom. The van der Waals surface area contributed by atoms with Gasteiger partial charge in [0.15, 0.2) is 0 Å². The number of rotatable bonds is 7. The van der Waals surface area contributed by atoms with E-state index in [1.54, 1.807) is 35.9 Å². The number of carboxylic acid groups (broad SMARTS) is 1. The molecule has 0 saturated heterocycles. The van der Waals surface area contributed by atoms with Gasteiger partial charge < -0.3 is 24.9 Å². The Morgan fingerprint density at radius 2 is 1.65 bits per heavy atom. The van der Waals surface area contributed by atoms with Crippen molar-refractivity contribution in [1.29, 1.82) is 0 Å². The molecule has 2 fully saturated rings. The van der Waals surface area contributed by atoms with Crippen molar-refractivity contribution in [3.8, 4) is 11.3 Å². The molecule has 2 amide bonds. The number of pyridine rings is 1. The Hall–Kier alpha value is -5.44. The van der Waals surface area contributed by atoms with Crippen LogP contribution < -0.4 is 10.6 Å². The van der Waals surface area contributed by atoms with Crippen molar-refractivity contribution in [3.63, 3.8) is 0 Å². The maximum atomic E-state index is 13.9. The van der Waals surface area contributed by atoms with Crippen molar-refractivity contribution >= 4 is 56.2 Å². The summed E-state index contributed by atoms with van der Waals surface area (Å²) < 4.78 is 3.82. The summed E-state index contributed by atoms with van der Waals surface area (Å²) in [5, 5.41) is 18.5. The zero-order valence-corrected chi connectivity index (χ0v) is 27.0. The smallest absolute Gasteiger partial charge is 0.352 e. The first-order chi connectivity index (χ1) is 23.2. The quantitative estimate of drug-likeness (QED) is 0.167. The Kier molecular flexibility index (Phi) is 7.09. The van der Waals surface area contributed by atoms with Crippen LogP contribution in [0.4, 0.5) is 5.69 Å². The molecule has 48 heavy (non-hydrogen) atoms. The van der Waals surface area contributed by atoms with Gasteiger partial charge in [0.2, 0.25) is 5.91 Å². The van der Waals surface area contributed by atoms with Crippen LogP contribution in [0.5, 0.6) is 0 Å². The summed E-state index contributed by atoms with van der Waals surface area (Å²) in [6.07, 6.45) is 8.45. The van der Waals surface area contributed by atoms with E-state index in [0.29, 0.717) is 35.4 Å². The third-order valence-electron chi connectivity index (χ3n) is 10.7. The molecule has 2 aliphatic carbocycles. The van der Waals surface area contributed by atoms with Crippen LogP contribution in [0.15, 0.2) is 79.0 Å². The molecule has 0 atom stereocenters. The fraction of sp³-hybridized carbons (Fsp3) is 0.282. The van der Waals surface area contributed by atoms with Gasteiger partial charge in [0.05, 0.1) is 11.2 Å². The highest BCUT2D eigenvalue weighted by atomic mass is 16.4. The molecule has 3 aromatic heterocycles. The standard InChI is InChI=1S/C39H37N5O4/c1-43-30-16-14-27(20-26(30)22-32(43)37(46)47)41-38(48)39(17-7-18-39)42-36(45)25-13-15-28-31(21-25)44(2)35(33(28)23-8-3-4-9-23)29-12-5-10-24-11-6-19-40-34(24)29/h5-6,10-16,19-23H,3-4,7-9,17-18H2,1-2H3,(H,41,48)(H,42,45)(H,46,47). The number of fused-ring (bicyclic) bond motifs is 3. The van der Waals surface area contributed by atoms with Gasteiger partial charge in [-0.3, -0.25) is 14.6 Å².